The van der Waals surface area contributed by atoms with Crippen LogP contribution < -0.4 is 5.32 Å². The third kappa shape index (κ3) is 2.00. The summed E-state index contributed by atoms with van der Waals surface area (Å²) in [5.74, 6) is -0.247. The number of methoxy groups -OCH3 is 1. The summed E-state index contributed by atoms with van der Waals surface area (Å²) in [5.41, 5.74) is -0.321. The van der Waals surface area contributed by atoms with Crippen molar-refractivity contribution in [1.82, 2.24) is 5.32 Å². The Labute approximate surface area is 78.6 Å². The van der Waals surface area contributed by atoms with Crippen molar-refractivity contribution in [2.45, 2.75) is 38.5 Å². The van der Waals surface area contributed by atoms with Gasteiger partial charge in [-0.1, -0.05) is 13.8 Å². The molecule has 1 saturated heterocycles. The van der Waals surface area contributed by atoms with Crippen LogP contribution in [0.15, 0.2) is 0 Å². The van der Waals surface area contributed by atoms with E-state index in [1.807, 2.05) is 13.8 Å². The average Bonchev–Trinajstić information content (AvgIpc) is 2.61. The summed E-state index contributed by atoms with van der Waals surface area (Å²) in [7, 11) is 1.39. The topological polar surface area (TPSA) is 47.6 Å². The molecule has 0 aromatic heterocycles. The molecule has 1 aliphatic heterocycles. The van der Waals surface area contributed by atoms with E-state index in [2.05, 4.69) is 10.1 Å². The standard InChI is InChI=1S/C9H17NO3/c1-4-9(5-2)10-7(6-13-9)8(11)12-3/h7,10H,4-6H2,1-3H3. The van der Waals surface area contributed by atoms with Crippen LogP contribution in [0.5, 0.6) is 0 Å². The molecule has 0 aromatic rings. The van der Waals surface area contributed by atoms with E-state index in [4.69, 9.17) is 4.74 Å². The van der Waals surface area contributed by atoms with Gasteiger partial charge in [0.15, 0.2) is 0 Å². The van der Waals surface area contributed by atoms with Gasteiger partial charge in [0.25, 0.3) is 0 Å². The van der Waals surface area contributed by atoms with Crippen molar-refractivity contribution in [3.63, 3.8) is 0 Å². The molecule has 0 aliphatic carbocycles. The lowest BCUT2D eigenvalue weighted by atomic mass is 10.1. The normalized spacial score (nSPS) is 25.9. The minimum atomic E-state index is -0.321. The molecule has 1 atom stereocenters. The summed E-state index contributed by atoms with van der Waals surface area (Å²) in [6, 6.07) is -0.301. The Morgan fingerprint density at radius 2 is 2.23 bits per heavy atom. The van der Waals surface area contributed by atoms with Crippen LogP contribution >= 0.6 is 0 Å². The number of hydrogen-bond acceptors (Lipinski definition) is 4. The van der Waals surface area contributed by atoms with Crippen LogP contribution in [0, 0.1) is 0 Å². The molecule has 1 fully saturated rings. The molecular weight excluding hydrogens is 170 g/mol. The third-order valence-electron chi connectivity index (χ3n) is 2.59. The molecule has 4 nitrogen and oxygen atoms in total. The average molecular weight is 187 g/mol. The van der Waals surface area contributed by atoms with E-state index in [9.17, 15) is 4.79 Å². The lowest BCUT2D eigenvalue weighted by molar-refractivity contribution is -0.142. The largest absolute Gasteiger partial charge is 0.468 e. The van der Waals surface area contributed by atoms with E-state index in [1.165, 1.54) is 7.11 Å². The summed E-state index contributed by atoms with van der Waals surface area (Å²) in [6.07, 6.45) is 1.72. The highest BCUT2D eigenvalue weighted by Crippen LogP contribution is 2.23. The van der Waals surface area contributed by atoms with E-state index < -0.39 is 0 Å². The van der Waals surface area contributed by atoms with Crippen molar-refractivity contribution >= 4 is 5.97 Å². The van der Waals surface area contributed by atoms with Gasteiger partial charge in [0.2, 0.25) is 0 Å². The second-order valence-electron chi connectivity index (χ2n) is 3.23. The lowest BCUT2D eigenvalue weighted by Crippen LogP contribution is -2.46. The fraction of sp³-hybridized carbons (Fsp3) is 0.889. The molecule has 13 heavy (non-hydrogen) atoms. The Balaban J connectivity index is 2.56. The maximum Gasteiger partial charge on any atom is 0.325 e. The van der Waals surface area contributed by atoms with E-state index in [-0.39, 0.29) is 17.7 Å². The van der Waals surface area contributed by atoms with Crippen molar-refractivity contribution in [3.05, 3.63) is 0 Å². The van der Waals surface area contributed by atoms with E-state index in [1.54, 1.807) is 0 Å². The lowest BCUT2D eigenvalue weighted by Gasteiger charge is -2.25. The zero-order chi connectivity index (χ0) is 9.90. The Kier molecular flexibility index (Phi) is 3.27. The molecule has 0 bridgehead atoms. The van der Waals surface area contributed by atoms with Crippen molar-refractivity contribution < 1.29 is 14.3 Å². The summed E-state index contributed by atoms with van der Waals surface area (Å²) in [4.78, 5) is 11.2. The highest BCUT2D eigenvalue weighted by atomic mass is 16.5. The van der Waals surface area contributed by atoms with Gasteiger partial charge in [-0.3, -0.25) is 10.1 Å². The number of nitrogens with one attached hydrogen (secondary N) is 1. The van der Waals surface area contributed by atoms with Crippen LogP contribution in [0.4, 0.5) is 0 Å². The van der Waals surface area contributed by atoms with Gasteiger partial charge in [-0.05, 0) is 12.8 Å². The molecule has 0 aromatic carbocycles. The smallest absolute Gasteiger partial charge is 0.325 e. The molecule has 1 rings (SSSR count). The van der Waals surface area contributed by atoms with Gasteiger partial charge in [0.05, 0.1) is 13.7 Å². The van der Waals surface area contributed by atoms with E-state index in [0.29, 0.717) is 6.61 Å². The van der Waals surface area contributed by atoms with Crippen molar-refractivity contribution in [2.24, 2.45) is 0 Å². The summed E-state index contributed by atoms with van der Waals surface area (Å²) in [6.45, 7) is 4.49. The number of ether oxygens (including phenoxy) is 2. The van der Waals surface area contributed by atoms with Crippen molar-refractivity contribution in [1.29, 1.82) is 0 Å². The quantitative estimate of drug-likeness (QED) is 0.659. The minimum Gasteiger partial charge on any atom is -0.468 e. The number of esters is 1. The zero-order valence-electron chi connectivity index (χ0n) is 8.42. The summed E-state index contributed by atoms with van der Waals surface area (Å²) < 4.78 is 10.2. The third-order valence-corrected chi connectivity index (χ3v) is 2.59. The predicted molar refractivity (Wildman–Crippen MR) is 48.2 cm³/mol. The zero-order valence-corrected chi connectivity index (χ0v) is 8.42. The number of carbonyl (C=O) groups is 1. The van der Waals surface area contributed by atoms with E-state index >= 15 is 0 Å². The van der Waals surface area contributed by atoms with Gasteiger partial charge in [0.1, 0.15) is 11.8 Å². The predicted octanol–water partition coefficient (Wildman–Crippen LogP) is 0.664. The summed E-state index contributed by atoms with van der Waals surface area (Å²) >= 11 is 0. The molecule has 1 heterocycles. The Morgan fingerprint density at radius 3 is 2.62 bits per heavy atom. The van der Waals surface area contributed by atoms with Gasteiger partial charge >= 0.3 is 5.97 Å². The molecule has 4 heteroatoms. The Morgan fingerprint density at radius 1 is 1.62 bits per heavy atom. The summed E-state index contributed by atoms with van der Waals surface area (Å²) in [5, 5.41) is 3.16. The maximum absolute atomic E-state index is 11.2. The monoisotopic (exact) mass is 187 g/mol. The second-order valence-corrected chi connectivity index (χ2v) is 3.23. The first-order valence-corrected chi connectivity index (χ1v) is 4.67. The highest BCUT2D eigenvalue weighted by Gasteiger charge is 2.40. The van der Waals surface area contributed by atoms with Gasteiger partial charge in [0, 0.05) is 0 Å². The first-order chi connectivity index (χ1) is 6.17. The Bertz CT molecular complexity index is 189. The second kappa shape index (κ2) is 4.07. The van der Waals surface area contributed by atoms with Crippen LogP contribution in [0.1, 0.15) is 26.7 Å². The number of rotatable bonds is 3. The molecule has 0 spiro atoms. The van der Waals surface area contributed by atoms with Crippen LogP contribution in [0.2, 0.25) is 0 Å². The SMILES string of the molecule is CCC1(CC)NC(C(=O)OC)CO1. The van der Waals surface area contributed by atoms with E-state index in [0.717, 1.165) is 12.8 Å². The molecule has 1 unspecified atom stereocenters. The molecule has 0 radical (unpaired) electrons. The Hall–Kier alpha value is -0.610. The maximum atomic E-state index is 11.2. The van der Waals surface area contributed by atoms with Gasteiger partial charge in [-0.2, -0.15) is 0 Å². The molecule has 0 amide bonds. The molecule has 1 aliphatic rings. The van der Waals surface area contributed by atoms with Gasteiger partial charge in [-0.15, -0.1) is 0 Å². The van der Waals surface area contributed by atoms with Gasteiger partial charge < -0.3 is 9.47 Å². The first kappa shape index (κ1) is 10.5. The van der Waals surface area contributed by atoms with Crippen molar-refractivity contribution in [3.8, 4) is 0 Å². The fourth-order valence-electron chi connectivity index (χ4n) is 1.57. The highest BCUT2D eigenvalue weighted by molar-refractivity contribution is 5.76. The van der Waals surface area contributed by atoms with Crippen LogP contribution in [-0.4, -0.2) is 31.5 Å². The molecule has 0 saturated carbocycles. The van der Waals surface area contributed by atoms with Crippen LogP contribution in [-0.2, 0) is 14.3 Å². The number of carbonyl (C=O) groups excluding carboxylic acids is 1. The molecular formula is C9H17NO3. The van der Waals surface area contributed by atoms with Crippen molar-refractivity contribution in [2.75, 3.05) is 13.7 Å². The fourth-order valence-corrected chi connectivity index (χ4v) is 1.57. The van der Waals surface area contributed by atoms with Crippen LogP contribution in [0.25, 0.3) is 0 Å². The van der Waals surface area contributed by atoms with Crippen LogP contribution in [0.3, 0.4) is 0 Å². The molecule has 1 N–H and O–H groups in total. The van der Waals surface area contributed by atoms with Gasteiger partial charge in [-0.25, -0.2) is 0 Å². The number of hydrogen-bond donors (Lipinski definition) is 1. The minimum absolute atomic E-state index is 0.247. The first-order valence-electron chi connectivity index (χ1n) is 4.67. The molecule has 76 valence electrons.